The number of carbonyl (C=O) groups is 1. The lowest BCUT2D eigenvalue weighted by atomic mass is 10.1. The Morgan fingerprint density at radius 2 is 1.80 bits per heavy atom. The van der Waals surface area contributed by atoms with Gasteiger partial charge in [-0.05, 0) is 81.6 Å². The molecule has 1 aromatic heterocycles. The van der Waals surface area contributed by atoms with Gasteiger partial charge < -0.3 is 19.4 Å². The largest absolute Gasteiger partial charge is 0.497 e. The first-order chi connectivity index (χ1) is 17.0. The second-order valence-corrected chi connectivity index (χ2v) is 8.86. The van der Waals surface area contributed by atoms with Crippen LogP contribution in [0.1, 0.15) is 53.1 Å². The van der Waals surface area contributed by atoms with Crippen molar-refractivity contribution in [3.05, 3.63) is 89.2 Å². The van der Waals surface area contributed by atoms with E-state index >= 15 is 0 Å². The summed E-state index contributed by atoms with van der Waals surface area (Å²) in [5, 5.41) is 3.10. The molecule has 1 amide bonds. The molecule has 4 aromatic rings. The van der Waals surface area contributed by atoms with Crippen LogP contribution in [0.4, 0.5) is 0 Å². The molecule has 1 heterocycles. The fraction of sp³-hybridized carbons (Fsp3) is 0.310. The number of unbranched alkanes of at least 4 members (excludes halogenated alkanes) is 1. The third kappa shape index (κ3) is 5.83. The number of imidazole rings is 1. The van der Waals surface area contributed by atoms with Crippen molar-refractivity contribution < 1.29 is 14.3 Å². The van der Waals surface area contributed by atoms with Crippen LogP contribution in [0.15, 0.2) is 66.7 Å². The van der Waals surface area contributed by atoms with Crippen LogP contribution in [0.2, 0.25) is 0 Å². The number of nitrogens with zero attached hydrogens (tertiary/aromatic N) is 2. The minimum atomic E-state index is -0.247. The van der Waals surface area contributed by atoms with Gasteiger partial charge in [0.1, 0.15) is 17.3 Å². The summed E-state index contributed by atoms with van der Waals surface area (Å²) < 4.78 is 13.4. The van der Waals surface area contributed by atoms with Gasteiger partial charge in [-0.25, -0.2) is 4.98 Å². The van der Waals surface area contributed by atoms with Gasteiger partial charge in [-0.15, -0.1) is 0 Å². The highest BCUT2D eigenvalue weighted by molar-refractivity contribution is 5.94. The summed E-state index contributed by atoms with van der Waals surface area (Å²) in [6.45, 7) is 7.60. The first-order valence-electron chi connectivity index (χ1n) is 12.1. The van der Waals surface area contributed by atoms with Gasteiger partial charge in [0.2, 0.25) is 0 Å². The van der Waals surface area contributed by atoms with Crippen LogP contribution in [-0.2, 0) is 6.54 Å². The van der Waals surface area contributed by atoms with Gasteiger partial charge >= 0.3 is 0 Å². The summed E-state index contributed by atoms with van der Waals surface area (Å²) in [6.07, 6.45) is 1.86. The number of carbonyl (C=O) groups excluding carboxylic acids is 1. The van der Waals surface area contributed by atoms with Gasteiger partial charge in [0.25, 0.3) is 5.91 Å². The topological polar surface area (TPSA) is 65.4 Å². The van der Waals surface area contributed by atoms with E-state index in [1.54, 1.807) is 31.4 Å². The Morgan fingerprint density at radius 1 is 1.03 bits per heavy atom. The third-order valence-corrected chi connectivity index (χ3v) is 6.14. The van der Waals surface area contributed by atoms with E-state index in [4.69, 9.17) is 14.5 Å². The van der Waals surface area contributed by atoms with Crippen LogP contribution in [-0.4, -0.2) is 29.2 Å². The van der Waals surface area contributed by atoms with Gasteiger partial charge in [-0.3, -0.25) is 4.79 Å². The second kappa shape index (κ2) is 11.1. The highest BCUT2D eigenvalue weighted by Gasteiger charge is 2.19. The molecule has 0 bridgehead atoms. The Morgan fingerprint density at radius 3 is 2.54 bits per heavy atom. The third-order valence-electron chi connectivity index (χ3n) is 6.14. The molecule has 1 N–H and O–H groups in total. The fourth-order valence-corrected chi connectivity index (χ4v) is 4.26. The zero-order valence-corrected chi connectivity index (χ0v) is 20.9. The maximum atomic E-state index is 12.8. The molecule has 0 fully saturated rings. The number of benzene rings is 3. The number of para-hydroxylation sites is 2. The first kappa shape index (κ1) is 24.3. The minimum absolute atomic E-state index is 0.138. The smallest absolute Gasteiger partial charge is 0.251 e. The number of aryl methyl sites for hydroxylation is 3. The highest BCUT2D eigenvalue weighted by Crippen LogP contribution is 2.23. The zero-order chi connectivity index (χ0) is 24.8. The van der Waals surface area contributed by atoms with E-state index in [2.05, 4.69) is 41.9 Å². The van der Waals surface area contributed by atoms with E-state index in [0.717, 1.165) is 53.3 Å². The normalized spacial score (nSPS) is 11.9. The standard InChI is InChI=1S/C29H33N3O3/c1-20-11-16-27(21(2)19-20)35-18-8-7-17-32-26-10-6-5-9-25(26)31-28(32)22(3)30-29(33)23-12-14-24(34-4)15-13-23/h5-6,9-16,19,22H,7-8,17-18H2,1-4H3,(H,30,33). The van der Waals surface area contributed by atoms with Crippen molar-refractivity contribution in [2.24, 2.45) is 0 Å². The Hall–Kier alpha value is -3.80. The molecule has 0 saturated heterocycles. The molecule has 0 aliphatic rings. The first-order valence-corrected chi connectivity index (χ1v) is 12.1. The lowest BCUT2D eigenvalue weighted by molar-refractivity contribution is 0.0937. The van der Waals surface area contributed by atoms with Gasteiger partial charge in [-0.2, -0.15) is 0 Å². The van der Waals surface area contributed by atoms with Crippen molar-refractivity contribution >= 4 is 16.9 Å². The van der Waals surface area contributed by atoms with Crippen LogP contribution in [0.3, 0.4) is 0 Å². The van der Waals surface area contributed by atoms with Gasteiger partial charge in [0.05, 0.1) is 30.8 Å². The number of hydrogen-bond acceptors (Lipinski definition) is 4. The lowest BCUT2D eigenvalue weighted by Crippen LogP contribution is -2.28. The predicted octanol–water partition coefficient (Wildman–Crippen LogP) is 6.01. The van der Waals surface area contributed by atoms with Crippen molar-refractivity contribution in [2.75, 3.05) is 13.7 Å². The Labute approximate surface area is 206 Å². The molecule has 4 rings (SSSR count). The number of amides is 1. The van der Waals surface area contributed by atoms with E-state index in [-0.39, 0.29) is 11.9 Å². The molecule has 6 nitrogen and oxygen atoms in total. The summed E-state index contributed by atoms with van der Waals surface area (Å²) >= 11 is 0. The fourth-order valence-electron chi connectivity index (χ4n) is 4.26. The maximum Gasteiger partial charge on any atom is 0.251 e. The van der Waals surface area contributed by atoms with Crippen LogP contribution >= 0.6 is 0 Å². The predicted molar refractivity (Wildman–Crippen MR) is 139 cm³/mol. The summed E-state index contributed by atoms with van der Waals surface area (Å²) in [5.41, 5.74) is 4.99. The van der Waals surface area contributed by atoms with E-state index in [9.17, 15) is 4.79 Å². The molecule has 1 atom stereocenters. The number of rotatable bonds is 10. The summed E-state index contributed by atoms with van der Waals surface area (Å²) in [6, 6.07) is 21.2. The van der Waals surface area contributed by atoms with Crippen LogP contribution in [0.25, 0.3) is 11.0 Å². The highest BCUT2D eigenvalue weighted by atomic mass is 16.5. The monoisotopic (exact) mass is 471 g/mol. The van der Waals surface area contributed by atoms with Crippen molar-refractivity contribution in [1.82, 2.24) is 14.9 Å². The molecule has 0 aliphatic carbocycles. The van der Waals surface area contributed by atoms with Gasteiger partial charge in [0, 0.05) is 12.1 Å². The average molecular weight is 472 g/mol. The Balaban J connectivity index is 1.41. The molecule has 0 aliphatic heterocycles. The zero-order valence-electron chi connectivity index (χ0n) is 20.9. The maximum absolute atomic E-state index is 12.8. The summed E-state index contributed by atoms with van der Waals surface area (Å²) in [7, 11) is 1.61. The molecule has 0 saturated carbocycles. The van der Waals surface area contributed by atoms with E-state index in [1.165, 1.54) is 5.56 Å². The Bertz CT molecular complexity index is 1290. The van der Waals surface area contributed by atoms with Gasteiger partial charge in [0.15, 0.2) is 0 Å². The van der Waals surface area contributed by atoms with Crippen molar-refractivity contribution in [3.63, 3.8) is 0 Å². The molecule has 0 radical (unpaired) electrons. The van der Waals surface area contributed by atoms with Crippen LogP contribution in [0.5, 0.6) is 11.5 Å². The molecule has 0 spiro atoms. The van der Waals surface area contributed by atoms with E-state index < -0.39 is 0 Å². The van der Waals surface area contributed by atoms with E-state index in [0.29, 0.717) is 12.2 Å². The van der Waals surface area contributed by atoms with Crippen molar-refractivity contribution in [1.29, 1.82) is 0 Å². The number of aromatic nitrogens is 2. The number of methoxy groups -OCH3 is 1. The van der Waals surface area contributed by atoms with Crippen molar-refractivity contribution in [2.45, 2.75) is 46.2 Å². The molecule has 35 heavy (non-hydrogen) atoms. The summed E-state index contributed by atoms with van der Waals surface area (Å²) in [4.78, 5) is 17.7. The molecular weight excluding hydrogens is 438 g/mol. The number of nitrogens with one attached hydrogen (secondary N) is 1. The average Bonchev–Trinajstić information content (AvgIpc) is 3.24. The minimum Gasteiger partial charge on any atom is -0.497 e. The van der Waals surface area contributed by atoms with Gasteiger partial charge in [-0.1, -0.05) is 29.8 Å². The SMILES string of the molecule is COc1ccc(C(=O)NC(C)c2nc3ccccc3n2CCCCOc2ccc(C)cc2C)cc1. The Kier molecular flexibility index (Phi) is 7.70. The molecule has 3 aromatic carbocycles. The quantitative estimate of drug-likeness (QED) is 0.288. The molecule has 1 unspecified atom stereocenters. The number of ether oxygens (including phenoxy) is 2. The molecule has 182 valence electrons. The molecular formula is C29H33N3O3. The van der Waals surface area contributed by atoms with Crippen molar-refractivity contribution in [3.8, 4) is 11.5 Å². The van der Waals surface area contributed by atoms with Crippen LogP contribution < -0.4 is 14.8 Å². The number of fused-ring (bicyclic) bond motifs is 1. The lowest BCUT2D eigenvalue weighted by Gasteiger charge is -2.17. The van der Waals surface area contributed by atoms with E-state index in [1.807, 2.05) is 31.2 Å². The molecule has 6 heteroatoms. The summed E-state index contributed by atoms with van der Waals surface area (Å²) in [5.74, 6) is 2.38. The van der Waals surface area contributed by atoms with Crippen LogP contribution in [0, 0.1) is 13.8 Å². The number of hydrogen-bond donors (Lipinski definition) is 1. The second-order valence-electron chi connectivity index (χ2n) is 8.86.